The lowest BCUT2D eigenvalue weighted by Crippen LogP contribution is -2.40. The van der Waals surface area contributed by atoms with E-state index in [2.05, 4.69) is 4.98 Å². The standard InChI is InChI=1S/C17H22N4O4/c1-3-5-10-21-15(18)14(16(23)19-17(21)24)20(4-2)13(22)9-8-12-7-6-11-25-12/h6-9,11H,3-5,10,18H2,1-2H3,(H,19,23,24)/b9-8+. The van der Waals surface area contributed by atoms with E-state index in [0.29, 0.717) is 12.3 Å². The Kier molecular flexibility index (Phi) is 5.99. The normalized spacial score (nSPS) is 11.1. The number of nitrogens with one attached hydrogen (secondary N) is 1. The molecule has 0 aliphatic rings. The van der Waals surface area contributed by atoms with Gasteiger partial charge in [-0.25, -0.2) is 4.79 Å². The number of hydrogen-bond acceptors (Lipinski definition) is 5. The number of hydrogen-bond donors (Lipinski definition) is 2. The van der Waals surface area contributed by atoms with Crippen molar-refractivity contribution in [3.05, 3.63) is 51.1 Å². The number of furan rings is 1. The first kappa shape index (κ1) is 18.3. The van der Waals surface area contributed by atoms with Gasteiger partial charge in [0.15, 0.2) is 5.69 Å². The van der Waals surface area contributed by atoms with E-state index in [1.54, 1.807) is 19.1 Å². The first-order valence-corrected chi connectivity index (χ1v) is 8.15. The Balaban J connectivity index is 2.41. The van der Waals surface area contributed by atoms with Crippen molar-refractivity contribution >= 4 is 23.5 Å². The molecule has 2 rings (SSSR count). The second-order valence-corrected chi connectivity index (χ2v) is 5.43. The molecule has 0 fully saturated rings. The molecule has 8 nitrogen and oxygen atoms in total. The van der Waals surface area contributed by atoms with Crippen LogP contribution in [0.1, 0.15) is 32.4 Å². The minimum atomic E-state index is -0.683. The number of unbranched alkanes of at least 4 members (excludes halogenated alkanes) is 1. The number of aromatic amines is 1. The molecule has 25 heavy (non-hydrogen) atoms. The van der Waals surface area contributed by atoms with E-state index in [-0.39, 0.29) is 18.1 Å². The van der Waals surface area contributed by atoms with Gasteiger partial charge >= 0.3 is 5.69 Å². The van der Waals surface area contributed by atoms with Crippen molar-refractivity contribution in [2.75, 3.05) is 17.2 Å². The number of aromatic nitrogens is 2. The van der Waals surface area contributed by atoms with Gasteiger partial charge in [-0.1, -0.05) is 13.3 Å². The second-order valence-electron chi connectivity index (χ2n) is 5.43. The quantitative estimate of drug-likeness (QED) is 0.739. The van der Waals surface area contributed by atoms with Crippen LogP contribution in [0.4, 0.5) is 11.5 Å². The van der Waals surface area contributed by atoms with Crippen molar-refractivity contribution < 1.29 is 9.21 Å². The minimum Gasteiger partial charge on any atom is -0.465 e. The molecule has 0 unspecified atom stereocenters. The fourth-order valence-corrected chi connectivity index (χ4v) is 2.43. The molecule has 0 atom stereocenters. The third-order valence-electron chi connectivity index (χ3n) is 3.73. The van der Waals surface area contributed by atoms with Crippen LogP contribution in [0.3, 0.4) is 0 Å². The average Bonchev–Trinajstić information content (AvgIpc) is 3.09. The number of amides is 1. The molecule has 1 amide bonds. The van der Waals surface area contributed by atoms with E-state index in [4.69, 9.17) is 10.2 Å². The number of nitrogen functional groups attached to an aromatic ring is 1. The number of anilines is 2. The molecule has 2 heterocycles. The van der Waals surface area contributed by atoms with Crippen LogP contribution < -0.4 is 21.9 Å². The largest absolute Gasteiger partial charge is 0.465 e. The molecule has 0 radical (unpaired) electrons. The monoisotopic (exact) mass is 346 g/mol. The van der Waals surface area contributed by atoms with E-state index in [9.17, 15) is 14.4 Å². The lowest BCUT2D eigenvalue weighted by Gasteiger charge is -2.21. The van der Waals surface area contributed by atoms with Crippen LogP contribution in [0.5, 0.6) is 0 Å². The Morgan fingerprint density at radius 3 is 2.76 bits per heavy atom. The molecule has 0 saturated carbocycles. The van der Waals surface area contributed by atoms with Crippen LogP contribution in [0.15, 0.2) is 38.5 Å². The molecule has 0 bridgehead atoms. The van der Waals surface area contributed by atoms with Crippen LogP contribution in [-0.2, 0) is 11.3 Å². The van der Waals surface area contributed by atoms with Gasteiger partial charge in [-0.05, 0) is 31.6 Å². The predicted molar refractivity (Wildman–Crippen MR) is 96.4 cm³/mol. The molecule has 0 spiro atoms. The number of carbonyl (C=O) groups is 1. The first-order valence-electron chi connectivity index (χ1n) is 8.15. The Morgan fingerprint density at radius 1 is 1.40 bits per heavy atom. The Labute approximate surface area is 144 Å². The Morgan fingerprint density at radius 2 is 2.16 bits per heavy atom. The highest BCUT2D eigenvalue weighted by atomic mass is 16.3. The van der Waals surface area contributed by atoms with Gasteiger partial charge < -0.3 is 15.1 Å². The summed E-state index contributed by atoms with van der Waals surface area (Å²) in [7, 11) is 0. The summed E-state index contributed by atoms with van der Waals surface area (Å²) in [4.78, 5) is 40.2. The lowest BCUT2D eigenvalue weighted by molar-refractivity contribution is -0.114. The molecule has 0 aromatic carbocycles. The third kappa shape index (κ3) is 4.09. The maximum Gasteiger partial charge on any atom is 0.330 e. The van der Waals surface area contributed by atoms with E-state index in [1.165, 1.54) is 27.9 Å². The predicted octanol–water partition coefficient (Wildman–Crippen LogP) is 1.58. The molecular formula is C17H22N4O4. The summed E-state index contributed by atoms with van der Waals surface area (Å²) in [6, 6.07) is 3.40. The highest BCUT2D eigenvalue weighted by molar-refractivity contribution is 6.04. The second kappa shape index (κ2) is 8.18. The Bertz CT molecular complexity index is 862. The number of H-pyrrole nitrogens is 1. The van der Waals surface area contributed by atoms with Gasteiger partial charge in [-0.15, -0.1) is 0 Å². The van der Waals surface area contributed by atoms with Crippen LogP contribution in [-0.4, -0.2) is 22.0 Å². The fourth-order valence-electron chi connectivity index (χ4n) is 2.43. The van der Waals surface area contributed by atoms with Gasteiger partial charge in [-0.2, -0.15) is 0 Å². The Hall–Kier alpha value is -3.03. The number of likely N-dealkylation sites (N-methyl/N-ethyl adjacent to an activating group) is 1. The number of nitrogens with zero attached hydrogens (tertiary/aromatic N) is 2. The summed E-state index contributed by atoms with van der Waals surface area (Å²) < 4.78 is 6.42. The van der Waals surface area contributed by atoms with Crippen LogP contribution in [0, 0.1) is 0 Å². The van der Waals surface area contributed by atoms with Crippen molar-refractivity contribution in [3.8, 4) is 0 Å². The summed E-state index contributed by atoms with van der Waals surface area (Å²) in [5, 5.41) is 0. The lowest BCUT2D eigenvalue weighted by atomic mass is 10.3. The van der Waals surface area contributed by atoms with E-state index < -0.39 is 17.2 Å². The number of nitrogens with two attached hydrogens (primary N) is 1. The molecule has 134 valence electrons. The van der Waals surface area contributed by atoms with Gasteiger partial charge in [0.05, 0.1) is 6.26 Å². The zero-order valence-electron chi connectivity index (χ0n) is 14.3. The molecule has 0 aliphatic heterocycles. The van der Waals surface area contributed by atoms with Gasteiger partial charge in [0.2, 0.25) is 0 Å². The average molecular weight is 346 g/mol. The van der Waals surface area contributed by atoms with Gasteiger partial charge in [0.1, 0.15) is 11.6 Å². The number of rotatable bonds is 7. The zero-order valence-corrected chi connectivity index (χ0v) is 14.3. The molecular weight excluding hydrogens is 324 g/mol. The molecule has 8 heteroatoms. The summed E-state index contributed by atoms with van der Waals surface area (Å²) in [5.41, 5.74) is 4.76. The van der Waals surface area contributed by atoms with Crippen LogP contribution >= 0.6 is 0 Å². The maximum absolute atomic E-state index is 12.5. The van der Waals surface area contributed by atoms with Gasteiger partial charge in [0, 0.05) is 19.2 Å². The first-order chi connectivity index (χ1) is 12.0. The van der Waals surface area contributed by atoms with Crippen LogP contribution in [0.2, 0.25) is 0 Å². The van der Waals surface area contributed by atoms with Crippen molar-refractivity contribution in [3.63, 3.8) is 0 Å². The van der Waals surface area contributed by atoms with Crippen molar-refractivity contribution in [1.82, 2.24) is 9.55 Å². The van der Waals surface area contributed by atoms with Crippen LogP contribution in [0.25, 0.3) is 6.08 Å². The smallest absolute Gasteiger partial charge is 0.330 e. The van der Waals surface area contributed by atoms with E-state index in [1.807, 2.05) is 6.92 Å². The van der Waals surface area contributed by atoms with Gasteiger partial charge in [0.25, 0.3) is 11.5 Å². The molecule has 2 aromatic heterocycles. The van der Waals surface area contributed by atoms with Gasteiger partial charge in [-0.3, -0.25) is 19.1 Å². The highest BCUT2D eigenvalue weighted by Gasteiger charge is 2.21. The maximum atomic E-state index is 12.5. The summed E-state index contributed by atoms with van der Waals surface area (Å²) in [6.07, 6.45) is 5.88. The zero-order chi connectivity index (χ0) is 18.4. The van der Waals surface area contributed by atoms with E-state index in [0.717, 1.165) is 12.8 Å². The molecule has 0 aliphatic carbocycles. The van der Waals surface area contributed by atoms with E-state index >= 15 is 0 Å². The van der Waals surface area contributed by atoms with Crippen molar-refractivity contribution in [2.24, 2.45) is 0 Å². The summed E-state index contributed by atoms with van der Waals surface area (Å²) in [6.45, 7) is 4.30. The minimum absolute atomic E-state index is 0.0104. The SMILES string of the molecule is CCCCn1c(N)c(N(CC)C(=O)/C=C/c2ccco2)c(=O)[nH]c1=O. The molecule has 0 saturated heterocycles. The fraction of sp³-hybridized carbons (Fsp3) is 0.353. The third-order valence-corrected chi connectivity index (χ3v) is 3.73. The summed E-state index contributed by atoms with van der Waals surface area (Å²) >= 11 is 0. The number of carbonyl (C=O) groups excluding carboxylic acids is 1. The molecule has 3 N–H and O–H groups in total. The van der Waals surface area contributed by atoms with Crippen molar-refractivity contribution in [2.45, 2.75) is 33.2 Å². The molecule has 2 aromatic rings. The van der Waals surface area contributed by atoms with Crippen molar-refractivity contribution in [1.29, 1.82) is 0 Å². The summed E-state index contributed by atoms with van der Waals surface area (Å²) in [5.74, 6) is 0.0692. The highest BCUT2D eigenvalue weighted by Crippen LogP contribution is 2.17. The topological polar surface area (TPSA) is 114 Å².